The minimum atomic E-state index is 0. The van der Waals surface area contributed by atoms with Crippen molar-refractivity contribution < 1.29 is 4.79 Å². The standard InChI is InChI=1S/C16H23ClN2OS.ClH/c1-16(2)11-19(7-6-14(16)18)15(20)10-21-9-12-4-3-5-13(17)8-12;/h3-5,8,14H,6-7,9-11,18H2,1-2H3;1H. The van der Waals surface area contributed by atoms with Crippen molar-refractivity contribution in [1.29, 1.82) is 0 Å². The SMILES string of the molecule is CC1(C)CN(C(=O)CSCc2cccc(Cl)c2)CCC1N.Cl. The molecule has 1 unspecified atom stereocenters. The minimum Gasteiger partial charge on any atom is -0.341 e. The van der Waals surface area contributed by atoms with Crippen molar-refractivity contribution in [2.45, 2.75) is 32.1 Å². The number of nitrogens with zero attached hydrogens (tertiary/aromatic N) is 1. The summed E-state index contributed by atoms with van der Waals surface area (Å²) in [7, 11) is 0. The van der Waals surface area contributed by atoms with Gasteiger partial charge in [-0.2, -0.15) is 0 Å². The quantitative estimate of drug-likeness (QED) is 0.889. The predicted molar refractivity (Wildman–Crippen MR) is 97.8 cm³/mol. The zero-order chi connectivity index (χ0) is 15.5. The third kappa shape index (κ3) is 5.34. The molecule has 0 aromatic heterocycles. The molecular weight excluding hydrogens is 339 g/mol. The number of hydrogen-bond acceptors (Lipinski definition) is 3. The van der Waals surface area contributed by atoms with Crippen LogP contribution < -0.4 is 5.73 Å². The number of thioether (sulfide) groups is 1. The largest absolute Gasteiger partial charge is 0.341 e. The Morgan fingerprint density at radius 1 is 1.50 bits per heavy atom. The summed E-state index contributed by atoms with van der Waals surface area (Å²) in [5.41, 5.74) is 7.27. The molecule has 0 radical (unpaired) electrons. The number of carbonyl (C=O) groups excluding carboxylic acids is 1. The van der Waals surface area contributed by atoms with Crippen LogP contribution in [0.3, 0.4) is 0 Å². The van der Waals surface area contributed by atoms with Crippen LogP contribution in [0.15, 0.2) is 24.3 Å². The monoisotopic (exact) mass is 362 g/mol. The molecule has 1 saturated heterocycles. The molecule has 2 rings (SSSR count). The second-order valence-electron chi connectivity index (χ2n) is 6.32. The number of amides is 1. The van der Waals surface area contributed by atoms with Gasteiger partial charge < -0.3 is 10.6 Å². The van der Waals surface area contributed by atoms with Gasteiger partial charge in [0.1, 0.15) is 0 Å². The molecular formula is C16H24Cl2N2OS. The summed E-state index contributed by atoms with van der Waals surface area (Å²) < 4.78 is 0. The summed E-state index contributed by atoms with van der Waals surface area (Å²) >= 11 is 7.59. The Morgan fingerprint density at radius 2 is 2.23 bits per heavy atom. The molecule has 0 bridgehead atoms. The first kappa shape index (κ1) is 19.6. The predicted octanol–water partition coefficient (Wildman–Crippen LogP) is 3.58. The van der Waals surface area contributed by atoms with Gasteiger partial charge in [0.05, 0.1) is 5.75 Å². The molecule has 0 aliphatic carbocycles. The van der Waals surface area contributed by atoms with Gasteiger partial charge in [-0.15, -0.1) is 24.2 Å². The second-order valence-corrected chi connectivity index (χ2v) is 7.74. The molecule has 1 aliphatic rings. The number of carbonyl (C=O) groups is 1. The van der Waals surface area contributed by atoms with E-state index >= 15 is 0 Å². The lowest BCUT2D eigenvalue weighted by molar-refractivity contribution is -0.131. The molecule has 1 atom stereocenters. The first-order valence-electron chi connectivity index (χ1n) is 7.24. The molecule has 1 aliphatic heterocycles. The van der Waals surface area contributed by atoms with E-state index in [0.29, 0.717) is 5.75 Å². The number of hydrogen-bond donors (Lipinski definition) is 1. The van der Waals surface area contributed by atoms with E-state index in [0.717, 1.165) is 35.8 Å². The maximum absolute atomic E-state index is 12.3. The van der Waals surface area contributed by atoms with Gasteiger partial charge in [0.2, 0.25) is 5.91 Å². The van der Waals surface area contributed by atoms with Crippen LogP contribution in [0.4, 0.5) is 0 Å². The molecule has 2 N–H and O–H groups in total. The first-order chi connectivity index (χ1) is 9.88. The number of halogens is 2. The van der Waals surface area contributed by atoms with E-state index in [4.69, 9.17) is 17.3 Å². The van der Waals surface area contributed by atoms with Crippen LogP contribution >= 0.6 is 35.8 Å². The highest BCUT2D eigenvalue weighted by molar-refractivity contribution is 7.99. The Kier molecular flexibility index (Phi) is 7.53. The maximum Gasteiger partial charge on any atom is 0.232 e. The summed E-state index contributed by atoms with van der Waals surface area (Å²) in [4.78, 5) is 14.2. The van der Waals surface area contributed by atoms with Crippen LogP contribution in [0.2, 0.25) is 5.02 Å². The highest BCUT2D eigenvalue weighted by Crippen LogP contribution is 2.28. The second kappa shape index (κ2) is 8.44. The Bertz CT molecular complexity index is 511. The fourth-order valence-corrected chi connectivity index (χ4v) is 3.65. The van der Waals surface area contributed by atoms with E-state index in [-0.39, 0.29) is 29.8 Å². The lowest BCUT2D eigenvalue weighted by Gasteiger charge is -2.42. The first-order valence-corrected chi connectivity index (χ1v) is 8.77. The van der Waals surface area contributed by atoms with E-state index in [1.807, 2.05) is 29.2 Å². The highest BCUT2D eigenvalue weighted by Gasteiger charge is 2.35. The Morgan fingerprint density at radius 3 is 2.86 bits per heavy atom. The molecule has 0 saturated carbocycles. The zero-order valence-electron chi connectivity index (χ0n) is 13.0. The third-order valence-electron chi connectivity index (χ3n) is 4.05. The molecule has 22 heavy (non-hydrogen) atoms. The van der Waals surface area contributed by atoms with Crippen molar-refractivity contribution in [3.63, 3.8) is 0 Å². The van der Waals surface area contributed by atoms with Gasteiger partial charge in [-0.25, -0.2) is 0 Å². The van der Waals surface area contributed by atoms with E-state index in [1.54, 1.807) is 11.8 Å². The van der Waals surface area contributed by atoms with Crippen LogP contribution in [-0.4, -0.2) is 35.7 Å². The number of likely N-dealkylation sites (tertiary alicyclic amines) is 1. The smallest absolute Gasteiger partial charge is 0.232 e. The van der Waals surface area contributed by atoms with Crippen LogP contribution in [0.1, 0.15) is 25.8 Å². The molecule has 1 aromatic rings. The van der Waals surface area contributed by atoms with Gasteiger partial charge in [0, 0.05) is 29.9 Å². The Hall–Kier alpha value is -0.420. The lowest BCUT2D eigenvalue weighted by Crippen LogP contribution is -2.54. The fraction of sp³-hybridized carbons (Fsp3) is 0.562. The van der Waals surface area contributed by atoms with Crippen molar-refractivity contribution in [1.82, 2.24) is 4.90 Å². The van der Waals surface area contributed by atoms with Crippen LogP contribution in [0.5, 0.6) is 0 Å². The third-order valence-corrected chi connectivity index (χ3v) is 5.27. The number of rotatable bonds is 4. The molecule has 3 nitrogen and oxygen atoms in total. The van der Waals surface area contributed by atoms with Crippen LogP contribution in [-0.2, 0) is 10.5 Å². The highest BCUT2D eigenvalue weighted by atomic mass is 35.5. The van der Waals surface area contributed by atoms with Gasteiger partial charge in [-0.1, -0.05) is 37.6 Å². The summed E-state index contributed by atoms with van der Waals surface area (Å²) in [5, 5.41) is 0.742. The van der Waals surface area contributed by atoms with Crippen molar-refractivity contribution in [2.24, 2.45) is 11.1 Å². The van der Waals surface area contributed by atoms with Crippen LogP contribution in [0, 0.1) is 5.41 Å². The molecule has 1 fully saturated rings. The van der Waals surface area contributed by atoms with E-state index in [1.165, 1.54) is 0 Å². The summed E-state index contributed by atoms with van der Waals surface area (Å²) in [6.45, 7) is 5.80. The lowest BCUT2D eigenvalue weighted by atomic mass is 9.80. The van der Waals surface area contributed by atoms with Gasteiger partial charge in [-0.05, 0) is 29.5 Å². The summed E-state index contributed by atoms with van der Waals surface area (Å²) in [6, 6.07) is 7.96. The van der Waals surface area contributed by atoms with E-state index < -0.39 is 0 Å². The summed E-state index contributed by atoms with van der Waals surface area (Å²) in [6.07, 6.45) is 0.887. The molecule has 124 valence electrons. The molecule has 1 aromatic carbocycles. The molecule has 1 heterocycles. The molecule has 1 amide bonds. The summed E-state index contributed by atoms with van der Waals surface area (Å²) in [5.74, 6) is 1.53. The average molecular weight is 363 g/mol. The van der Waals surface area contributed by atoms with E-state index in [2.05, 4.69) is 13.8 Å². The van der Waals surface area contributed by atoms with Crippen molar-refractivity contribution >= 4 is 41.7 Å². The average Bonchev–Trinajstić information content (AvgIpc) is 2.42. The van der Waals surface area contributed by atoms with Gasteiger partial charge in [0.15, 0.2) is 0 Å². The van der Waals surface area contributed by atoms with E-state index in [9.17, 15) is 4.79 Å². The fourth-order valence-electron chi connectivity index (χ4n) is 2.56. The van der Waals surface area contributed by atoms with Crippen LogP contribution in [0.25, 0.3) is 0 Å². The van der Waals surface area contributed by atoms with Crippen molar-refractivity contribution in [3.8, 4) is 0 Å². The van der Waals surface area contributed by atoms with Gasteiger partial charge in [0.25, 0.3) is 0 Å². The van der Waals surface area contributed by atoms with Crippen molar-refractivity contribution in [2.75, 3.05) is 18.8 Å². The number of nitrogens with two attached hydrogens (primary N) is 1. The number of piperidine rings is 1. The maximum atomic E-state index is 12.3. The van der Waals surface area contributed by atoms with Gasteiger partial charge >= 0.3 is 0 Å². The minimum absolute atomic E-state index is 0. The van der Waals surface area contributed by atoms with Gasteiger partial charge in [-0.3, -0.25) is 4.79 Å². The molecule has 6 heteroatoms. The normalized spacial score (nSPS) is 20.4. The molecule has 0 spiro atoms. The number of benzene rings is 1. The Balaban J connectivity index is 0.00000242. The van der Waals surface area contributed by atoms with Crippen molar-refractivity contribution in [3.05, 3.63) is 34.9 Å². The zero-order valence-corrected chi connectivity index (χ0v) is 15.4. The topological polar surface area (TPSA) is 46.3 Å². The Labute approximate surface area is 148 Å².